The van der Waals surface area contributed by atoms with Crippen LogP contribution >= 0.6 is 0 Å². The second kappa shape index (κ2) is 13.3. The van der Waals surface area contributed by atoms with Gasteiger partial charge in [0.05, 0.1) is 19.8 Å². The number of methoxy groups -OCH3 is 2. The van der Waals surface area contributed by atoms with Crippen LogP contribution in [-0.4, -0.2) is 39.6 Å². The minimum atomic E-state index is 0.0802. The molecule has 27 heavy (non-hydrogen) atoms. The van der Waals surface area contributed by atoms with Crippen molar-refractivity contribution in [3.05, 3.63) is 17.7 Å². The highest BCUT2D eigenvalue weighted by molar-refractivity contribution is 7.95. The quantitative estimate of drug-likeness (QED) is 0.360. The lowest BCUT2D eigenvalue weighted by Crippen LogP contribution is -2.34. The van der Waals surface area contributed by atoms with Crippen molar-refractivity contribution in [2.24, 2.45) is 0 Å². The standard InChI is InChI=1S/C22H39N2O2S/c1-4-15-23-16-10-8-6-5-7-9-11-18-27-22-19(14-17-24-27)20(25-2)12-13-21(22)26-3/h12-13,23-24H,4-11,14-18H2,1-3H3/q+1. The fourth-order valence-corrected chi connectivity index (χ4v) is 5.90. The number of benzene rings is 1. The SMILES string of the molecule is CCCNCCCCCCCCC[S+]1NCCc2c(OC)ccc(OC)c21. The van der Waals surface area contributed by atoms with Crippen LogP contribution in [0, 0.1) is 0 Å². The molecule has 0 aromatic heterocycles. The first-order valence-electron chi connectivity index (χ1n) is 10.7. The summed E-state index contributed by atoms with van der Waals surface area (Å²) in [7, 11) is 3.54. The molecule has 0 radical (unpaired) electrons. The van der Waals surface area contributed by atoms with Crippen molar-refractivity contribution in [3.8, 4) is 11.5 Å². The zero-order valence-corrected chi connectivity index (χ0v) is 18.4. The maximum Gasteiger partial charge on any atom is 0.224 e. The Morgan fingerprint density at radius 1 is 0.926 bits per heavy atom. The molecule has 1 aliphatic rings. The summed E-state index contributed by atoms with van der Waals surface area (Å²) in [4.78, 5) is 1.35. The molecular weight excluding hydrogens is 356 g/mol. The Balaban J connectivity index is 1.68. The van der Waals surface area contributed by atoms with Gasteiger partial charge in [-0.25, -0.2) is 0 Å². The lowest BCUT2D eigenvalue weighted by molar-refractivity contribution is 0.387. The van der Waals surface area contributed by atoms with Crippen LogP contribution in [0.5, 0.6) is 11.5 Å². The third-order valence-electron chi connectivity index (χ3n) is 5.15. The summed E-state index contributed by atoms with van der Waals surface area (Å²) in [6, 6.07) is 4.10. The summed E-state index contributed by atoms with van der Waals surface area (Å²) in [5.41, 5.74) is 1.34. The van der Waals surface area contributed by atoms with Gasteiger partial charge in [-0.15, -0.1) is 4.72 Å². The van der Waals surface area contributed by atoms with Crippen molar-refractivity contribution in [3.63, 3.8) is 0 Å². The molecule has 0 saturated heterocycles. The summed E-state index contributed by atoms with van der Waals surface area (Å²) >= 11 is 0.0802. The van der Waals surface area contributed by atoms with Crippen molar-refractivity contribution < 1.29 is 9.47 Å². The predicted molar refractivity (Wildman–Crippen MR) is 117 cm³/mol. The number of unbranched alkanes of at least 4 members (excludes halogenated alkanes) is 6. The van der Waals surface area contributed by atoms with Crippen molar-refractivity contribution in [2.75, 3.05) is 39.6 Å². The van der Waals surface area contributed by atoms with Crippen LogP contribution in [0.3, 0.4) is 0 Å². The highest BCUT2D eigenvalue weighted by Gasteiger charge is 2.35. The zero-order chi connectivity index (χ0) is 19.3. The maximum absolute atomic E-state index is 5.66. The lowest BCUT2D eigenvalue weighted by atomic mass is 10.1. The van der Waals surface area contributed by atoms with E-state index >= 15 is 0 Å². The molecule has 0 aliphatic carbocycles. The molecule has 0 amide bonds. The average Bonchev–Trinajstić information content (AvgIpc) is 2.71. The Morgan fingerprint density at radius 3 is 2.30 bits per heavy atom. The molecule has 0 bridgehead atoms. The molecule has 4 nitrogen and oxygen atoms in total. The van der Waals surface area contributed by atoms with Crippen molar-refractivity contribution in [1.29, 1.82) is 0 Å². The maximum atomic E-state index is 5.66. The van der Waals surface area contributed by atoms with Crippen LogP contribution in [0.4, 0.5) is 0 Å². The van der Waals surface area contributed by atoms with E-state index in [9.17, 15) is 0 Å². The Bertz CT molecular complexity index is 539. The van der Waals surface area contributed by atoms with Gasteiger partial charge in [-0.2, -0.15) is 0 Å². The summed E-state index contributed by atoms with van der Waals surface area (Å²) < 4.78 is 15.0. The van der Waals surface area contributed by atoms with Gasteiger partial charge in [0.15, 0.2) is 5.75 Å². The van der Waals surface area contributed by atoms with Gasteiger partial charge >= 0.3 is 0 Å². The molecular formula is C22H39N2O2S+. The van der Waals surface area contributed by atoms with E-state index < -0.39 is 0 Å². The Labute approximate surface area is 169 Å². The normalized spacial score (nSPS) is 16.2. The molecule has 1 aromatic carbocycles. The highest BCUT2D eigenvalue weighted by Crippen LogP contribution is 2.37. The van der Waals surface area contributed by atoms with E-state index in [4.69, 9.17) is 9.47 Å². The summed E-state index contributed by atoms with van der Waals surface area (Å²) in [5, 5.41) is 3.48. The Hall–Kier alpha value is -0.910. The first-order chi connectivity index (χ1) is 13.3. The molecule has 154 valence electrons. The summed E-state index contributed by atoms with van der Waals surface area (Å²) in [6.45, 7) is 5.61. The molecule has 5 heteroatoms. The predicted octanol–water partition coefficient (Wildman–Crippen LogP) is 4.47. The number of hydrogen-bond acceptors (Lipinski definition) is 4. The lowest BCUT2D eigenvalue weighted by Gasteiger charge is -2.21. The van der Waals surface area contributed by atoms with Crippen molar-refractivity contribution >= 4 is 11.1 Å². The van der Waals surface area contributed by atoms with Gasteiger partial charge in [-0.3, -0.25) is 0 Å². The molecule has 2 rings (SSSR count). The molecule has 0 fully saturated rings. The molecule has 1 aromatic rings. The molecule has 2 N–H and O–H groups in total. The number of ether oxygens (including phenoxy) is 2. The van der Waals surface area contributed by atoms with Crippen molar-refractivity contribution in [2.45, 2.75) is 69.6 Å². The molecule has 1 atom stereocenters. The summed E-state index contributed by atoms with van der Waals surface area (Å²) in [5.74, 6) is 3.23. The van der Waals surface area contributed by atoms with Gasteiger partial charge in [0.25, 0.3) is 0 Å². The third kappa shape index (κ3) is 7.20. The largest absolute Gasteiger partial charge is 0.496 e. The van der Waals surface area contributed by atoms with Crippen molar-refractivity contribution in [1.82, 2.24) is 10.0 Å². The van der Waals surface area contributed by atoms with Crippen LogP contribution in [0.1, 0.15) is 63.9 Å². The Kier molecular flexibility index (Phi) is 11.0. The van der Waals surface area contributed by atoms with E-state index in [1.165, 1.54) is 74.1 Å². The van der Waals surface area contributed by atoms with Crippen LogP contribution in [-0.2, 0) is 17.5 Å². The first kappa shape index (κ1) is 22.4. The van der Waals surface area contributed by atoms with Gasteiger partial charge in [-0.05, 0) is 57.3 Å². The van der Waals surface area contributed by atoms with Crippen LogP contribution < -0.4 is 19.5 Å². The monoisotopic (exact) mass is 395 g/mol. The highest BCUT2D eigenvalue weighted by atomic mass is 32.2. The van der Waals surface area contributed by atoms with Crippen LogP contribution in [0.2, 0.25) is 0 Å². The van der Waals surface area contributed by atoms with Crippen LogP contribution in [0.15, 0.2) is 17.0 Å². The van der Waals surface area contributed by atoms with E-state index in [2.05, 4.69) is 23.0 Å². The molecule has 1 aliphatic heterocycles. The number of hydrogen-bond donors (Lipinski definition) is 2. The van der Waals surface area contributed by atoms with Crippen LogP contribution in [0.25, 0.3) is 0 Å². The number of rotatable bonds is 14. The topological polar surface area (TPSA) is 42.5 Å². The fraction of sp³-hybridized carbons (Fsp3) is 0.727. The second-order valence-electron chi connectivity index (χ2n) is 7.24. The van der Waals surface area contributed by atoms with Gasteiger partial charge < -0.3 is 14.8 Å². The third-order valence-corrected chi connectivity index (χ3v) is 7.34. The van der Waals surface area contributed by atoms with Gasteiger partial charge in [0, 0.05) is 6.54 Å². The summed E-state index contributed by atoms with van der Waals surface area (Å²) in [6.07, 6.45) is 11.7. The Morgan fingerprint density at radius 2 is 1.59 bits per heavy atom. The van der Waals surface area contributed by atoms with E-state index in [0.717, 1.165) is 31.0 Å². The molecule has 0 spiro atoms. The fourth-order valence-electron chi connectivity index (χ4n) is 3.67. The second-order valence-corrected chi connectivity index (χ2v) is 9.13. The van der Waals surface area contributed by atoms with Gasteiger partial charge in [-0.1, -0.05) is 32.6 Å². The first-order valence-corrected chi connectivity index (χ1v) is 12.1. The van der Waals surface area contributed by atoms with E-state index in [1.54, 1.807) is 14.2 Å². The van der Waals surface area contributed by atoms with Gasteiger partial charge in [0.2, 0.25) is 4.90 Å². The van der Waals surface area contributed by atoms with E-state index in [-0.39, 0.29) is 11.1 Å². The molecule has 0 saturated carbocycles. The van der Waals surface area contributed by atoms with Gasteiger partial charge in [0.1, 0.15) is 22.6 Å². The van der Waals surface area contributed by atoms with E-state index in [1.807, 2.05) is 6.07 Å². The molecule has 1 heterocycles. The smallest absolute Gasteiger partial charge is 0.224 e. The average molecular weight is 396 g/mol. The number of fused-ring (bicyclic) bond motifs is 1. The number of nitrogens with one attached hydrogen (secondary N) is 2. The minimum Gasteiger partial charge on any atom is -0.496 e. The zero-order valence-electron chi connectivity index (χ0n) is 17.6. The van der Waals surface area contributed by atoms with E-state index in [0.29, 0.717) is 0 Å². The minimum absolute atomic E-state index is 0.0802. The molecule has 1 unspecified atom stereocenters.